The number of hydrogen-bond donors (Lipinski definition) is 2. The van der Waals surface area contributed by atoms with Crippen molar-refractivity contribution >= 4 is 28.9 Å². The molecule has 0 radical (unpaired) electrons. The lowest BCUT2D eigenvalue weighted by Crippen LogP contribution is -2.31. The standard InChI is InChI=1S/C15H22ClN3O/c16-12-6-7-13(17)14(11-12)18-15(20)5-4-10-19-8-2-1-3-9-19/h6-7,11H,1-5,8-10,17H2,(H,18,20). The molecule has 0 unspecified atom stereocenters. The average Bonchev–Trinajstić information content (AvgIpc) is 2.44. The van der Waals surface area contributed by atoms with Crippen molar-refractivity contribution < 1.29 is 4.79 Å². The number of halogens is 1. The number of anilines is 2. The molecule has 0 bridgehead atoms. The van der Waals surface area contributed by atoms with Crippen molar-refractivity contribution in [2.75, 3.05) is 30.7 Å². The first kappa shape index (κ1) is 15.1. The van der Waals surface area contributed by atoms with Gasteiger partial charge in [0.05, 0.1) is 11.4 Å². The van der Waals surface area contributed by atoms with Crippen LogP contribution in [0, 0.1) is 0 Å². The van der Waals surface area contributed by atoms with E-state index in [9.17, 15) is 4.79 Å². The lowest BCUT2D eigenvalue weighted by molar-refractivity contribution is -0.116. The van der Waals surface area contributed by atoms with Gasteiger partial charge in [0.2, 0.25) is 5.91 Å². The first-order valence-electron chi connectivity index (χ1n) is 7.22. The zero-order valence-corrected chi connectivity index (χ0v) is 12.5. The highest BCUT2D eigenvalue weighted by atomic mass is 35.5. The summed E-state index contributed by atoms with van der Waals surface area (Å²) in [5.41, 5.74) is 6.94. The maximum Gasteiger partial charge on any atom is 0.224 e. The Hall–Kier alpha value is -1.26. The molecule has 1 saturated heterocycles. The second-order valence-corrected chi connectivity index (χ2v) is 5.72. The van der Waals surface area contributed by atoms with Crippen LogP contribution in [-0.2, 0) is 4.79 Å². The lowest BCUT2D eigenvalue weighted by Gasteiger charge is -2.26. The molecule has 0 aromatic heterocycles. The van der Waals surface area contributed by atoms with E-state index < -0.39 is 0 Å². The van der Waals surface area contributed by atoms with Crippen LogP contribution < -0.4 is 11.1 Å². The molecule has 2 rings (SSSR count). The first-order chi connectivity index (χ1) is 9.65. The van der Waals surface area contributed by atoms with Crippen molar-refractivity contribution in [1.82, 2.24) is 4.90 Å². The number of rotatable bonds is 5. The zero-order chi connectivity index (χ0) is 14.4. The van der Waals surface area contributed by atoms with Gasteiger partial charge in [-0.2, -0.15) is 0 Å². The highest BCUT2D eigenvalue weighted by Gasteiger charge is 2.11. The van der Waals surface area contributed by atoms with Crippen molar-refractivity contribution in [2.45, 2.75) is 32.1 Å². The Morgan fingerprint density at radius 2 is 2.05 bits per heavy atom. The van der Waals surface area contributed by atoms with Gasteiger partial charge in [-0.15, -0.1) is 0 Å². The van der Waals surface area contributed by atoms with Gasteiger partial charge in [0, 0.05) is 11.4 Å². The molecule has 3 N–H and O–H groups in total. The van der Waals surface area contributed by atoms with Crippen LogP contribution in [0.25, 0.3) is 0 Å². The summed E-state index contributed by atoms with van der Waals surface area (Å²) in [5, 5.41) is 3.39. The maximum absolute atomic E-state index is 11.9. The van der Waals surface area contributed by atoms with Crippen LogP contribution in [0.2, 0.25) is 5.02 Å². The second kappa shape index (κ2) is 7.50. The van der Waals surface area contributed by atoms with Gasteiger partial charge in [-0.3, -0.25) is 4.79 Å². The van der Waals surface area contributed by atoms with E-state index in [1.165, 1.54) is 32.4 Å². The predicted octanol–water partition coefficient (Wildman–Crippen LogP) is 3.13. The minimum Gasteiger partial charge on any atom is -0.397 e. The van der Waals surface area contributed by atoms with Gasteiger partial charge < -0.3 is 16.0 Å². The number of nitrogens with two attached hydrogens (primary N) is 1. The normalized spacial score (nSPS) is 16.1. The van der Waals surface area contributed by atoms with Gasteiger partial charge in [0.1, 0.15) is 0 Å². The van der Waals surface area contributed by atoms with Gasteiger partial charge in [0.15, 0.2) is 0 Å². The second-order valence-electron chi connectivity index (χ2n) is 5.29. The Bertz CT molecular complexity index is 458. The summed E-state index contributed by atoms with van der Waals surface area (Å²) >= 11 is 5.89. The van der Waals surface area contributed by atoms with Crippen LogP contribution >= 0.6 is 11.6 Å². The van der Waals surface area contributed by atoms with Crippen LogP contribution in [-0.4, -0.2) is 30.4 Å². The molecule has 0 spiro atoms. The fraction of sp³-hybridized carbons (Fsp3) is 0.533. The lowest BCUT2D eigenvalue weighted by atomic mass is 10.1. The minimum atomic E-state index is -0.00373. The number of piperidine rings is 1. The summed E-state index contributed by atoms with van der Waals surface area (Å²) in [5.74, 6) is -0.00373. The molecule has 0 saturated carbocycles. The molecule has 20 heavy (non-hydrogen) atoms. The molecule has 4 nitrogen and oxygen atoms in total. The third-order valence-corrected chi connectivity index (χ3v) is 3.85. The molecule has 1 aliphatic rings. The van der Waals surface area contributed by atoms with Crippen molar-refractivity contribution in [2.24, 2.45) is 0 Å². The van der Waals surface area contributed by atoms with Crippen molar-refractivity contribution in [3.63, 3.8) is 0 Å². The number of nitrogen functional groups attached to an aromatic ring is 1. The number of likely N-dealkylation sites (tertiary alicyclic amines) is 1. The van der Waals surface area contributed by atoms with Crippen LogP contribution in [0.3, 0.4) is 0 Å². The van der Waals surface area contributed by atoms with E-state index in [1.807, 2.05) is 0 Å². The maximum atomic E-state index is 11.9. The molecular weight excluding hydrogens is 274 g/mol. The number of carbonyl (C=O) groups is 1. The Labute approximate surface area is 125 Å². The first-order valence-corrected chi connectivity index (χ1v) is 7.60. The summed E-state index contributed by atoms with van der Waals surface area (Å²) < 4.78 is 0. The highest BCUT2D eigenvalue weighted by molar-refractivity contribution is 6.31. The van der Waals surface area contributed by atoms with Crippen LogP contribution in [0.5, 0.6) is 0 Å². The van der Waals surface area contributed by atoms with Crippen LogP contribution in [0.4, 0.5) is 11.4 Å². The quantitative estimate of drug-likeness (QED) is 0.821. The van der Waals surface area contributed by atoms with E-state index in [0.29, 0.717) is 22.8 Å². The summed E-state index contributed by atoms with van der Waals surface area (Å²) in [6, 6.07) is 5.09. The monoisotopic (exact) mass is 295 g/mol. The molecular formula is C15H22ClN3O. The van der Waals surface area contributed by atoms with E-state index in [-0.39, 0.29) is 5.91 Å². The van der Waals surface area contributed by atoms with Crippen molar-refractivity contribution in [3.05, 3.63) is 23.2 Å². The summed E-state index contributed by atoms with van der Waals surface area (Å²) in [6.45, 7) is 3.34. The third kappa shape index (κ3) is 4.69. The largest absolute Gasteiger partial charge is 0.397 e. The van der Waals surface area contributed by atoms with E-state index in [2.05, 4.69) is 10.2 Å². The fourth-order valence-electron chi connectivity index (χ4n) is 2.50. The summed E-state index contributed by atoms with van der Waals surface area (Å²) in [7, 11) is 0. The molecule has 1 fully saturated rings. The van der Waals surface area contributed by atoms with Crippen molar-refractivity contribution in [1.29, 1.82) is 0 Å². The Morgan fingerprint density at radius 1 is 1.30 bits per heavy atom. The number of nitrogens with zero attached hydrogens (tertiary/aromatic N) is 1. The fourth-order valence-corrected chi connectivity index (χ4v) is 2.67. The number of benzene rings is 1. The molecule has 1 aromatic carbocycles. The van der Waals surface area contributed by atoms with Gasteiger partial charge in [0.25, 0.3) is 0 Å². The Balaban J connectivity index is 1.73. The summed E-state index contributed by atoms with van der Waals surface area (Å²) in [4.78, 5) is 14.3. The number of hydrogen-bond acceptors (Lipinski definition) is 3. The highest BCUT2D eigenvalue weighted by Crippen LogP contribution is 2.23. The topological polar surface area (TPSA) is 58.4 Å². The van der Waals surface area contributed by atoms with E-state index in [0.717, 1.165) is 13.0 Å². The van der Waals surface area contributed by atoms with E-state index in [4.69, 9.17) is 17.3 Å². The molecule has 5 heteroatoms. The molecule has 110 valence electrons. The number of carbonyl (C=O) groups excluding carboxylic acids is 1. The average molecular weight is 296 g/mol. The van der Waals surface area contributed by atoms with Gasteiger partial charge in [-0.25, -0.2) is 0 Å². The minimum absolute atomic E-state index is 0.00373. The zero-order valence-electron chi connectivity index (χ0n) is 11.7. The summed E-state index contributed by atoms with van der Waals surface area (Å²) in [6.07, 6.45) is 5.30. The predicted molar refractivity (Wildman–Crippen MR) is 84.0 cm³/mol. The molecule has 0 aliphatic carbocycles. The van der Waals surface area contributed by atoms with Crippen molar-refractivity contribution in [3.8, 4) is 0 Å². The van der Waals surface area contributed by atoms with Crippen LogP contribution in [0.1, 0.15) is 32.1 Å². The van der Waals surface area contributed by atoms with Gasteiger partial charge >= 0.3 is 0 Å². The molecule has 1 amide bonds. The number of nitrogens with one attached hydrogen (secondary N) is 1. The molecule has 1 aliphatic heterocycles. The van der Waals surface area contributed by atoms with Gasteiger partial charge in [-0.05, 0) is 57.1 Å². The third-order valence-electron chi connectivity index (χ3n) is 3.62. The molecule has 1 aromatic rings. The van der Waals surface area contributed by atoms with E-state index in [1.54, 1.807) is 18.2 Å². The van der Waals surface area contributed by atoms with Crippen LogP contribution in [0.15, 0.2) is 18.2 Å². The SMILES string of the molecule is Nc1ccc(Cl)cc1NC(=O)CCCN1CCCCC1. The Kier molecular flexibility index (Phi) is 5.68. The number of amides is 1. The smallest absolute Gasteiger partial charge is 0.224 e. The molecule has 0 atom stereocenters. The Morgan fingerprint density at radius 3 is 2.80 bits per heavy atom. The van der Waals surface area contributed by atoms with E-state index >= 15 is 0 Å². The van der Waals surface area contributed by atoms with Gasteiger partial charge in [-0.1, -0.05) is 18.0 Å². The molecule has 1 heterocycles.